The maximum Gasteiger partial charge on any atom is 0.180 e. The Morgan fingerprint density at radius 2 is 1.54 bits per heavy atom. The van der Waals surface area contributed by atoms with Crippen molar-refractivity contribution < 1.29 is 14.4 Å². The number of hydrogen-bond acceptors (Lipinski definition) is 4. The Bertz CT molecular complexity index is 1480. The van der Waals surface area contributed by atoms with Crippen LogP contribution < -0.4 is 4.90 Å². The van der Waals surface area contributed by atoms with Crippen LogP contribution >= 0.6 is 15.9 Å². The van der Waals surface area contributed by atoms with E-state index in [1.165, 1.54) is 0 Å². The van der Waals surface area contributed by atoms with Crippen LogP contribution in [0.15, 0.2) is 77.3 Å². The summed E-state index contributed by atoms with van der Waals surface area (Å²) in [6.45, 7) is 7.78. The van der Waals surface area contributed by atoms with Crippen molar-refractivity contribution >= 4 is 45.0 Å². The van der Waals surface area contributed by atoms with E-state index in [0.717, 1.165) is 26.9 Å². The highest BCUT2D eigenvalue weighted by Gasteiger charge is 2.71. The monoisotopic (exact) mass is 553 g/mol. The lowest BCUT2D eigenvalue weighted by Gasteiger charge is -2.38. The zero-order valence-electron chi connectivity index (χ0n) is 21.3. The predicted octanol–water partition coefficient (Wildman–Crippen LogP) is 6.81. The summed E-state index contributed by atoms with van der Waals surface area (Å²) in [5.41, 5.74) is 2.57. The molecule has 0 unspecified atom stereocenters. The van der Waals surface area contributed by atoms with E-state index in [-0.39, 0.29) is 17.3 Å². The number of carbonyl (C=O) groups is 3. The molecule has 0 radical (unpaired) electrons. The third-order valence-corrected chi connectivity index (χ3v) is 8.72. The lowest BCUT2D eigenvalue weighted by Crippen LogP contribution is -2.49. The second-order valence-electron chi connectivity index (χ2n) is 11.4. The summed E-state index contributed by atoms with van der Waals surface area (Å²) in [4.78, 5) is 45.5. The van der Waals surface area contributed by atoms with Gasteiger partial charge >= 0.3 is 0 Å². The molecule has 186 valence electrons. The largest absolute Gasteiger partial charge is 0.352 e. The SMILES string of the molecule is Cc1ccc2c(c1)C=C[C@@H]1N2[C@@H](C(=O)C(C)(C)C)[C@H](c2ccc(Br)cc2)C12C(=O)c1ccccc1C2=O. The van der Waals surface area contributed by atoms with Gasteiger partial charge in [-0.05, 0) is 42.3 Å². The normalized spacial score (nSPS) is 23.3. The van der Waals surface area contributed by atoms with E-state index in [1.807, 2.05) is 76.2 Å². The van der Waals surface area contributed by atoms with Gasteiger partial charge < -0.3 is 4.90 Å². The van der Waals surface area contributed by atoms with E-state index < -0.39 is 28.8 Å². The highest BCUT2D eigenvalue weighted by atomic mass is 79.9. The smallest absolute Gasteiger partial charge is 0.180 e. The highest BCUT2D eigenvalue weighted by Crippen LogP contribution is 2.61. The molecule has 3 aromatic carbocycles. The summed E-state index contributed by atoms with van der Waals surface area (Å²) < 4.78 is 0.896. The molecule has 0 bridgehead atoms. The molecular formula is C32H28BrNO3. The van der Waals surface area contributed by atoms with Gasteiger partial charge in [-0.2, -0.15) is 0 Å². The molecule has 3 aromatic rings. The zero-order valence-corrected chi connectivity index (χ0v) is 22.9. The molecule has 0 aromatic heterocycles. The maximum absolute atomic E-state index is 14.5. The van der Waals surface area contributed by atoms with Gasteiger partial charge in [-0.1, -0.05) is 96.9 Å². The number of nitrogens with zero attached hydrogens (tertiary/aromatic N) is 1. The number of rotatable bonds is 2. The Morgan fingerprint density at radius 1 is 0.919 bits per heavy atom. The van der Waals surface area contributed by atoms with Crippen LogP contribution in [0.4, 0.5) is 5.69 Å². The van der Waals surface area contributed by atoms with Crippen LogP contribution in [0.25, 0.3) is 6.08 Å². The van der Waals surface area contributed by atoms with Gasteiger partial charge in [-0.3, -0.25) is 14.4 Å². The van der Waals surface area contributed by atoms with Crippen LogP contribution in [0.2, 0.25) is 0 Å². The molecule has 1 saturated heterocycles. The number of halogens is 1. The summed E-state index contributed by atoms with van der Waals surface area (Å²) >= 11 is 3.52. The molecule has 6 rings (SSSR count). The molecule has 0 saturated carbocycles. The van der Waals surface area contributed by atoms with Crippen molar-refractivity contribution in [3.8, 4) is 0 Å². The second-order valence-corrected chi connectivity index (χ2v) is 12.4. The van der Waals surface area contributed by atoms with Crippen LogP contribution in [-0.4, -0.2) is 29.4 Å². The number of Topliss-reactive ketones (excluding diaryl/α,β-unsaturated/α-hetero) is 3. The van der Waals surface area contributed by atoms with Crippen LogP contribution in [-0.2, 0) is 4.79 Å². The van der Waals surface area contributed by atoms with Gasteiger partial charge in [-0.25, -0.2) is 0 Å². The van der Waals surface area contributed by atoms with Crippen LogP contribution in [0.3, 0.4) is 0 Å². The third-order valence-electron chi connectivity index (χ3n) is 8.20. The summed E-state index contributed by atoms with van der Waals surface area (Å²) in [7, 11) is 0. The van der Waals surface area contributed by atoms with Gasteiger partial charge in [-0.15, -0.1) is 0 Å². The molecule has 3 atom stereocenters. The highest BCUT2D eigenvalue weighted by molar-refractivity contribution is 9.10. The van der Waals surface area contributed by atoms with Gasteiger partial charge in [0.15, 0.2) is 17.3 Å². The van der Waals surface area contributed by atoms with Gasteiger partial charge in [0.05, 0.1) is 12.1 Å². The Labute approximate surface area is 225 Å². The number of hydrogen-bond donors (Lipinski definition) is 0. The first kappa shape index (κ1) is 24.1. The van der Waals surface area contributed by atoms with E-state index in [4.69, 9.17) is 0 Å². The van der Waals surface area contributed by atoms with Gasteiger partial charge in [0.25, 0.3) is 0 Å². The van der Waals surface area contributed by atoms with Crippen molar-refractivity contribution in [2.24, 2.45) is 10.8 Å². The van der Waals surface area contributed by atoms with E-state index in [2.05, 4.69) is 26.9 Å². The number of anilines is 1. The molecule has 37 heavy (non-hydrogen) atoms. The van der Waals surface area contributed by atoms with Gasteiger partial charge in [0, 0.05) is 32.6 Å². The lowest BCUT2D eigenvalue weighted by molar-refractivity contribution is -0.127. The molecule has 2 heterocycles. The molecule has 1 spiro atoms. The summed E-state index contributed by atoms with van der Waals surface area (Å²) in [6.07, 6.45) is 3.99. The molecule has 5 heteroatoms. The van der Waals surface area contributed by atoms with E-state index >= 15 is 0 Å². The first-order valence-electron chi connectivity index (χ1n) is 12.6. The van der Waals surface area contributed by atoms with Crippen LogP contribution in [0.1, 0.15) is 64.1 Å². The number of benzene rings is 3. The molecule has 0 N–H and O–H groups in total. The predicted molar refractivity (Wildman–Crippen MR) is 149 cm³/mol. The number of fused-ring (bicyclic) bond motifs is 5. The van der Waals surface area contributed by atoms with E-state index in [1.54, 1.807) is 24.3 Å². The van der Waals surface area contributed by atoms with Crippen molar-refractivity contribution in [3.63, 3.8) is 0 Å². The fourth-order valence-electron chi connectivity index (χ4n) is 6.58. The second kappa shape index (κ2) is 8.09. The van der Waals surface area contributed by atoms with Crippen LogP contribution in [0, 0.1) is 17.8 Å². The summed E-state index contributed by atoms with van der Waals surface area (Å²) in [5, 5.41) is 0. The average molecular weight is 554 g/mol. The van der Waals surface area contributed by atoms with Crippen molar-refractivity contribution in [1.82, 2.24) is 0 Å². The molecular weight excluding hydrogens is 526 g/mol. The summed E-state index contributed by atoms with van der Waals surface area (Å²) in [5.74, 6) is -1.02. The zero-order chi connectivity index (χ0) is 26.3. The fourth-order valence-corrected chi connectivity index (χ4v) is 6.85. The minimum atomic E-state index is -1.44. The molecule has 1 fully saturated rings. The molecule has 0 amide bonds. The van der Waals surface area contributed by atoms with Gasteiger partial charge in [0.1, 0.15) is 5.41 Å². The van der Waals surface area contributed by atoms with E-state index in [9.17, 15) is 14.4 Å². The standard InChI is InChI=1S/C32H28BrNO3/c1-18-9-15-24-20(17-18)12-16-25-32(28(35)22-7-5-6-8-23(22)29(32)36)26(19-10-13-21(33)14-11-19)27(34(24)25)30(37)31(2,3)4/h5-17,25-27H,1-4H3/t25-,26-,27+/m0/s1. The number of ketones is 3. The lowest BCUT2D eigenvalue weighted by atomic mass is 9.63. The number of carbonyl (C=O) groups excluding carboxylic acids is 3. The first-order chi connectivity index (χ1) is 17.6. The first-order valence-corrected chi connectivity index (χ1v) is 13.4. The molecule has 1 aliphatic carbocycles. The summed E-state index contributed by atoms with van der Waals surface area (Å²) in [6, 6.07) is 19.7. The topological polar surface area (TPSA) is 54.5 Å². The van der Waals surface area contributed by atoms with Gasteiger partial charge in [0.2, 0.25) is 0 Å². The van der Waals surface area contributed by atoms with Crippen molar-refractivity contribution in [1.29, 1.82) is 0 Å². The third kappa shape index (κ3) is 3.23. The Balaban J connectivity index is 1.70. The fraction of sp³-hybridized carbons (Fsp3) is 0.281. The molecule has 4 nitrogen and oxygen atoms in total. The minimum Gasteiger partial charge on any atom is -0.352 e. The minimum absolute atomic E-state index is 0.0145. The molecule has 3 aliphatic rings. The molecule has 2 aliphatic heterocycles. The number of aryl methyl sites for hydroxylation is 1. The van der Waals surface area contributed by atoms with E-state index in [0.29, 0.717) is 11.1 Å². The maximum atomic E-state index is 14.5. The Hall–Kier alpha value is -3.31. The Morgan fingerprint density at radius 3 is 2.14 bits per heavy atom. The van der Waals surface area contributed by atoms with Crippen molar-refractivity contribution in [2.45, 2.75) is 45.7 Å². The Kier molecular flexibility index (Phi) is 5.26. The van der Waals surface area contributed by atoms with Crippen molar-refractivity contribution in [3.05, 3.63) is 105 Å². The average Bonchev–Trinajstić information content (AvgIpc) is 3.29. The van der Waals surface area contributed by atoms with Crippen LogP contribution in [0.5, 0.6) is 0 Å². The van der Waals surface area contributed by atoms with Crippen molar-refractivity contribution in [2.75, 3.05) is 4.90 Å². The quantitative estimate of drug-likeness (QED) is 0.327.